The molecule has 104 valence electrons. The van der Waals surface area contributed by atoms with Gasteiger partial charge in [-0.15, -0.1) is 0 Å². The molecule has 0 atom stereocenters. The minimum absolute atomic E-state index is 1.16. The molecule has 0 spiro atoms. The second-order valence-corrected chi connectivity index (χ2v) is 17.9. The molecule has 0 N–H and O–H groups in total. The second kappa shape index (κ2) is 5.06. The van der Waals surface area contributed by atoms with Gasteiger partial charge in [0, 0.05) is 0 Å². The predicted molar refractivity (Wildman–Crippen MR) is 92.9 cm³/mol. The van der Waals surface area contributed by atoms with Gasteiger partial charge in [-0.1, -0.05) is 74.0 Å². The van der Waals surface area contributed by atoms with Crippen LogP contribution in [0.1, 0.15) is 19.3 Å². The summed E-state index contributed by atoms with van der Waals surface area (Å²) in [4.78, 5) is 0. The molecule has 0 saturated heterocycles. The van der Waals surface area contributed by atoms with E-state index in [2.05, 4.69) is 63.6 Å². The molecule has 0 aromatic heterocycles. The Labute approximate surface area is 121 Å². The lowest BCUT2D eigenvalue weighted by Gasteiger charge is -2.25. The molecule has 2 rings (SSSR count). The summed E-state index contributed by atoms with van der Waals surface area (Å²) in [6, 6.07) is 0. The first kappa shape index (κ1) is 14.8. The molecule has 0 nitrogen and oxygen atoms in total. The molecule has 19 heavy (non-hydrogen) atoms. The highest BCUT2D eigenvalue weighted by atomic mass is 28.3. The summed E-state index contributed by atoms with van der Waals surface area (Å²) in [5.41, 5.74) is 3.27. The Balaban J connectivity index is 2.16. The fourth-order valence-corrected chi connectivity index (χ4v) is 7.00. The zero-order valence-corrected chi connectivity index (χ0v) is 15.4. The average Bonchev–Trinajstić information content (AvgIpc) is 2.83. The van der Waals surface area contributed by atoms with E-state index in [-0.39, 0.29) is 0 Å². The fraction of sp³-hybridized carbons (Fsp3) is 0.529. The first-order chi connectivity index (χ1) is 8.69. The van der Waals surface area contributed by atoms with Crippen LogP contribution < -0.4 is 0 Å². The van der Waals surface area contributed by atoms with Gasteiger partial charge in [-0.25, -0.2) is 0 Å². The van der Waals surface area contributed by atoms with Crippen LogP contribution in [0.2, 0.25) is 39.3 Å². The maximum atomic E-state index is 2.48. The van der Waals surface area contributed by atoms with Crippen molar-refractivity contribution < 1.29 is 0 Å². The summed E-state index contributed by atoms with van der Waals surface area (Å²) in [7, 11) is -2.34. The maximum Gasteiger partial charge on any atom is 0.0775 e. The van der Waals surface area contributed by atoms with Crippen LogP contribution in [-0.2, 0) is 0 Å². The van der Waals surface area contributed by atoms with E-state index in [0.29, 0.717) is 0 Å². The Kier molecular flexibility index (Phi) is 3.94. The first-order valence-corrected chi connectivity index (χ1v) is 14.5. The largest absolute Gasteiger partial charge is 0.0812 e. The van der Waals surface area contributed by atoms with E-state index >= 15 is 0 Å². The molecular weight excluding hydrogens is 260 g/mol. The van der Waals surface area contributed by atoms with Gasteiger partial charge in [-0.05, 0) is 30.4 Å². The van der Waals surface area contributed by atoms with E-state index < -0.39 is 16.1 Å². The number of allylic oxidation sites excluding steroid dienone is 8. The zero-order chi connectivity index (χ0) is 14.3. The van der Waals surface area contributed by atoms with Gasteiger partial charge in [-0.3, -0.25) is 0 Å². The molecule has 0 aromatic rings. The molecule has 0 radical (unpaired) electrons. The van der Waals surface area contributed by atoms with Gasteiger partial charge in [-0.2, -0.15) is 0 Å². The summed E-state index contributed by atoms with van der Waals surface area (Å²) < 4.78 is 0. The van der Waals surface area contributed by atoms with E-state index in [1.165, 1.54) is 6.42 Å². The molecule has 0 heterocycles. The maximum absolute atomic E-state index is 2.48. The van der Waals surface area contributed by atoms with E-state index in [4.69, 9.17) is 0 Å². The summed E-state index contributed by atoms with van der Waals surface area (Å²) in [6.07, 6.45) is 13.4. The van der Waals surface area contributed by atoms with Crippen LogP contribution in [0.3, 0.4) is 0 Å². The molecule has 0 amide bonds. The standard InChI is InChI=1S/C17H28Si2/c1-18(2,3)16-11-7-9-14(16)13-15-10-8-12-17(15)19(4,5)6/h9-12H,7-8,13H2,1-6H3. The molecule has 0 bridgehead atoms. The number of hydrogen-bond donors (Lipinski definition) is 0. The Hall–Kier alpha value is -0.606. The van der Waals surface area contributed by atoms with Crippen molar-refractivity contribution in [3.05, 3.63) is 45.8 Å². The SMILES string of the molecule is C[Si](C)(C)C1=CCC=C1CC1=CCC=C1[Si](C)(C)C. The van der Waals surface area contributed by atoms with Crippen LogP contribution in [-0.4, -0.2) is 16.1 Å². The van der Waals surface area contributed by atoms with E-state index in [1.807, 2.05) is 0 Å². The quantitative estimate of drug-likeness (QED) is 0.587. The molecular formula is C17H28Si2. The van der Waals surface area contributed by atoms with Gasteiger partial charge >= 0.3 is 0 Å². The van der Waals surface area contributed by atoms with Crippen molar-refractivity contribution in [3.63, 3.8) is 0 Å². The normalized spacial score (nSPS) is 20.1. The molecule has 2 heteroatoms. The van der Waals surface area contributed by atoms with Crippen molar-refractivity contribution >= 4 is 16.1 Å². The minimum atomic E-state index is -1.17. The molecule has 0 saturated carbocycles. The van der Waals surface area contributed by atoms with Crippen molar-refractivity contribution in [2.75, 3.05) is 0 Å². The molecule has 2 aliphatic rings. The highest BCUT2D eigenvalue weighted by molar-refractivity contribution is 6.84. The summed E-state index contributed by atoms with van der Waals surface area (Å²) in [6.45, 7) is 14.8. The van der Waals surface area contributed by atoms with Crippen LogP contribution in [0.25, 0.3) is 0 Å². The number of rotatable bonds is 4. The zero-order valence-electron chi connectivity index (χ0n) is 13.4. The van der Waals surface area contributed by atoms with Gasteiger partial charge in [0.25, 0.3) is 0 Å². The van der Waals surface area contributed by atoms with Gasteiger partial charge in [0.15, 0.2) is 0 Å². The van der Waals surface area contributed by atoms with Crippen molar-refractivity contribution in [3.8, 4) is 0 Å². The van der Waals surface area contributed by atoms with Gasteiger partial charge < -0.3 is 0 Å². The Morgan fingerprint density at radius 3 is 1.37 bits per heavy atom. The van der Waals surface area contributed by atoms with E-state index in [9.17, 15) is 0 Å². The Bertz CT molecular complexity index is 442. The minimum Gasteiger partial charge on any atom is -0.0812 e. The summed E-state index contributed by atoms with van der Waals surface area (Å²) >= 11 is 0. The topological polar surface area (TPSA) is 0 Å². The first-order valence-electron chi connectivity index (χ1n) is 7.49. The smallest absolute Gasteiger partial charge is 0.0775 e. The van der Waals surface area contributed by atoms with Crippen LogP contribution in [0, 0.1) is 0 Å². The van der Waals surface area contributed by atoms with Gasteiger partial charge in [0.05, 0.1) is 16.1 Å². The second-order valence-electron chi connectivity index (χ2n) is 7.84. The monoisotopic (exact) mass is 288 g/mol. The van der Waals surface area contributed by atoms with Gasteiger partial charge in [0.1, 0.15) is 0 Å². The van der Waals surface area contributed by atoms with E-state index in [1.54, 1.807) is 21.5 Å². The Morgan fingerprint density at radius 2 is 1.05 bits per heavy atom. The lowest BCUT2D eigenvalue weighted by Crippen LogP contribution is -2.26. The molecule has 0 fully saturated rings. The summed E-state index contributed by atoms with van der Waals surface area (Å²) in [5.74, 6) is 0. The van der Waals surface area contributed by atoms with Crippen molar-refractivity contribution in [2.45, 2.75) is 58.5 Å². The van der Waals surface area contributed by atoms with Crippen molar-refractivity contribution in [1.29, 1.82) is 0 Å². The lowest BCUT2D eigenvalue weighted by atomic mass is 10.1. The van der Waals surface area contributed by atoms with Crippen LogP contribution in [0.5, 0.6) is 0 Å². The average molecular weight is 289 g/mol. The molecule has 0 aromatic carbocycles. The van der Waals surface area contributed by atoms with Gasteiger partial charge in [0.2, 0.25) is 0 Å². The molecule has 2 aliphatic carbocycles. The summed E-state index contributed by atoms with van der Waals surface area (Å²) in [5, 5.41) is 3.41. The highest BCUT2D eigenvalue weighted by Gasteiger charge is 2.29. The predicted octanol–water partition coefficient (Wildman–Crippen LogP) is 5.64. The molecule has 0 unspecified atom stereocenters. The van der Waals surface area contributed by atoms with Crippen molar-refractivity contribution in [2.24, 2.45) is 0 Å². The fourth-order valence-electron chi connectivity index (χ4n) is 3.24. The third-order valence-electron chi connectivity index (χ3n) is 4.06. The highest BCUT2D eigenvalue weighted by Crippen LogP contribution is 2.38. The van der Waals surface area contributed by atoms with Crippen LogP contribution in [0.15, 0.2) is 45.8 Å². The molecule has 0 aliphatic heterocycles. The Morgan fingerprint density at radius 1 is 0.684 bits per heavy atom. The van der Waals surface area contributed by atoms with Crippen LogP contribution in [0.4, 0.5) is 0 Å². The van der Waals surface area contributed by atoms with Crippen LogP contribution >= 0.6 is 0 Å². The van der Waals surface area contributed by atoms with Crippen molar-refractivity contribution in [1.82, 2.24) is 0 Å². The van der Waals surface area contributed by atoms with E-state index in [0.717, 1.165) is 12.8 Å². The third-order valence-corrected chi connectivity index (χ3v) is 8.34. The lowest BCUT2D eigenvalue weighted by molar-refractivity contribution is 1.18. The number of hydrogen-bond acceptors (Lipinski definition) is 0. The third kappa shape index (κ3) is 3.29.